The van der Waals surface area contributed by atoms with Crippen LogP contribution in [0.3, 0.4) is 0 Å². The Hall–Kier alpha value is -4.02. The summed E-state index contributed by atoms with van der Waals surface area (Å²) in [7, 11) is 1.43. The molecule has 1 aromatic carbocycles. The SMILES string of the molecule is COc1cc(Nc2nccc(-c3ccn(C(CO)c4ccc(Cl)c(F)c4)c(=O)c3)n2)cc[n+]1O. The molecule has 0 aliphatic carbocycles. The van der Waals surface area contributed by atoms with Gasteiger partial charge in [-0.2, -0.15) is 0 Å². The van der Waals surface area contributed by atoms with Gasteiger partial charge in [-0.25, -0.2) is 14.4 Å². The van der Waals surface area contributed by atoms with Crippen molar-refractivity contribution in [3.05, 3.63) is 93.9 Å². The summed E-state index contributed by atoms with van der Waals surface area (Å²) in [5, 5.41) is 22.5. The second kappa shape index (κ2) is 9.86. The van der Waals surface area contributed by atoms with Crippen molar-refractivity contribution in [1.29, 1.82) is 0 Å². The molecule has 3 heterocycles. The van der Waals surface area contributed by atoms with Gasteiger partial charge in [-0.15, -0.1) is 0 Å². The van der Waals surface area contributed by atoms with Gasteiger partial charge in [-0.3, -0.25) is 10.0 Å². The second-order valence-corrected chi connectivity index (χ2v) is 7.63. The average molecular weight is 485 g/mol. The summed E-state index contributed by atoms with van der Waals surface area (Å²) in [5.41, 5.74) is 1.61. The number of hydrogen-bond acceptors (Lipinski definition) is 7. The molecule has 1 unspecified atom stereocenters. The van der Waals surface area contributed by atoms with E-state index in [1.807, 2.05) is 0 Å². The van der Waals surface area contributed by atoms with E-state index >= 15 is 0 Å². The maximum absolute atomic E-state index is 13.9. The summed E-state index contributed by atoms with van der Waals surface area (Å²) < 4.78 is 21.1. The van der Waals surface area contributed by atoms with Gasteiger partial charge in [0, 0.05) is 34.8 Å². The highest BCUT2D eigenvalue weighted by atomic mass is 35.5. The third-order valence-electron chi connectivity index (χ3n) is 5.10. The Morgan fingerprint density at radius 1 is 1.24 bits per heavy atom. The molecule has 0 aliphatic rings. The smallest absolute Gasteiger partial charge is 0.418 e. The number of rotatable bonds is 7. The van der Waals surface area contributed by atoms with Crippen molar-refractivity contribution in [2.45, 2.75) is 6.04 Å². The summed E-state index contributed by atoms with van der Waals surface area (Å²) in [6.45, 7) is -0.406. The highest BCUT2D eigenvalue weighted by Crippen LogP contribution is 2.24. The van der Waals surface area contributed by atoms with Crippen molar-refractivity contribution in [2.24, 2.45) is 0 Å². The number of nitrogens with one attached hydrogen (secondary N) is 1. The molecule has 0 radical (unpaired) electrons. The van der Waals surface area contributed by atoms with Crippen molar-refractivity contribution in [1.82, 2.24) is 14.5 Å². The van der Waals surface area contributed by atoms with Gasteiger partial charge in [-0.05, 0) is 29.8 Å². The minimum Gasteiger partial charge on any atom is -0.445 e. The van der Waals surface area contributed by atoms with Crippen LogP contribution in [-0.2, 0) is 0 Å². The van der Waals surface area contributed by atoms with Crippen LogP contribution in [0.25, 0.3) is 11.3 Å². The number of halogens is 2. The molecule has 0 saturated carbocycles. The summed E-state index contributed by atoms with van der Waals surface area (Å²) in [5.74, 6) is -0.152. The van der Waals surface area contributed by atoms with Crippen LogP contribution in [0, 0.1) is 5.82 Å². The third-order valence-corrected chi connectivity index (χ3v) is 5.41. The summed E-state index contributed by atoms with van der Waals surface area (Å²) in [6, 6.07) is 11.2. The predicted octanol–water partition coefficient (Wildman–Crippen LogP) is 2.96. The number of aliphatic hydroxyl groups excluding tert-OH is 1. The Balaban J connectivity index is 1.61. The number of ether oxygens (including phenoxy) is 1. The van der Waals surface area contributed by atoms with E-state index in [0.29, 0.717) is 22.5 Å². The molecule has 4 aromatic rings. The quantitative estimate of drug-likeness (QED) is 0.273. The lowest BCUT2D eigenvalue weighted by molar-refractivity contribution is -0.906. The fourth-order valence-electron chi connectivity index (χ4n) is 3.39. The van der Waals surface area contributed by atoms with Crippen LogP contribution >= 0.6 is 11.6 Å². The minimum atomic E-state index is -0.779. The average Bonchev–Trinajstić information content (AvgIpc) is 2.84. The Morgan fingerprint density at radius 2 is 2.06 bits per heavy atom. The van der Waals surface area contributed by atoms with Gasteiger partial charge in [-0.1, -0.05) is 17.7 Å². The molecule has 0 amide bonds. The maximum atomic E-state index is 13.9. The van der Waals surface area contributed by atoms with E-state index in [4.69, 9.17) is 16.3 Å². The van der Waals surface area contributed by atoms with E-state index in [1.54, 1.807) is 30.3 Å². The monoisotopic (exact) mass is 484 g/mol. The summed E-state index contributed by atoms with van der Waals surface area (Å²) in [4.78, 5) is 21.5. The van der Waals surface area contributed by atoms with E-state index in [1.165, 1.54) is 48.5 Å². The van der Waals surface area contributed by atoms with Crippen molar-refractivity contribution in [3.63, 3.8) is 0 Å². The van der Waals surface area contributed by atoms with Crippen LogP contribution in [0.2, 0.25) is 5.02 Å². The van der Waals surface area contributed by atoms with Crippen LogP contribution in [0.1, 0.15) is 11.6 Å². The molecule has 174 valence electrons. The van der Waals surface area contributed by atoms with E-state index in [9.17, 15) is 19.5 Å². The fraction of sp³-hybridized carbons (Fsp3) is 0.130. The van der Waals surface area contributed by atoms with Crippen molar-refractivity contribution in [3.8, 4) is 17.1 Å². The first kappa shape index (κ1) is 23.1. The number of hydrogen-bond donors (Lipinski definition) is 3. The first-order valence-electron chi connectivity index (χ1n) is 10.1. The second-order valence-electron chi connectivity index (χ2n) is 7.23. The normalized spacial score (nSPS) is 11.8. The number of anilines is 2. The number of benzene rings is 1. The van der Waals surface area contributed by atoms with Crippen molar-refractivity contribution in [2.75, 3.05) is 19.0 Å². The molecule has 0 bridgehead atoms. The molecule has 0 spiro atoms. The van der Waals surface area contributed by atoms with Crippen molar-refractivity contribution < 1.29 is 24.2 Å². The lowest BCUT2D eigenvalue weighted by Gasteiger charge is -2.18. The van der Waals surface area contributed by atoms with Gasteiger partial charge in [0.2, 0.25) is 12.1 Å². The largest absolute Gasteiger partial charge is 0.445 e. The van der Waals surface area contributed by atoms with Gasteiger partial charge < -0.3 is 19.7 Å². The number of nitrogens with zero attached hydrogens (tertiary/aromatic N) is 4. The van der Waals surface area contributed by atoms with Gasteiger partial charge in [0.25, 0.3) is 5.56 Å². The standard InChI is InChI=1S/C23H19ClFN5O4/c1-34-22-12-16(6-9-30(22)33)27-23-26-7-4-19(28-23)14-5-8-29(21(32)11-14)20(13-31)15-2-3-17(24)18(25)10-15/h2-12,20,31,33H,13H2,1H3/p+1. The van der Waals surface area contributed by atoms with Gasteiger partial charge in [0.15, 0.2) is 0 Å². The van der Waals surface area contributed by atoms with E-state index in [0.717, 1.165) is 4.73 Å². The molecule has 1 atom stereocenters. The molecular formula is C23H20ClFN5O4+. The number of pyridine rings is 2. The molecule has 0 aliphatic heterocycles. The zero-order valence-electron chi connectivity index (χ0n) is 17.9. The molecular weight excluding hydrogens is 465 g/mol. The summed E-state index contributed by atoms with van der Waals surface area (Å²) >= 11 is 5.74. The molecule has 3 aromatic heterocycles. The van der Waals surface area contributed by atoms with Crippen LogP contribution in [0.4, 0.5) is 16.0 Å². The first-order chi connectivity index (χ1) is 16.4. The molecule has 9 nitrogen and oxygen atoms in total. The topological polar surface area (TPSA) is 113 Å². The highest BCUT2D eigenvalue weighted by molar-refractivity contribution is 6.30. The first-order valence-corrected chi connectivity index (χ1v) is 10.4. The lowest BCUT2D eigenvalue weighted by Crippen LogP contribution is -2.31. The van der Waals surface area contributed by atoms with Crippen LogP contribution in [-0.4, -0.2) is 38.6 Å². The Labute approximate surface area is 198 Å². The maximum Gasteiger partial charge on any atom is 0.418 e. The zero-order chi connectivity index (χ0) is 24.2. The third kappa shape index (κ3) is 4.82. The van der Waals surface area contributed by atoms with Gasteiger partial charge in [0.1, 0.15) is 5.82 Å². The Morgan fingerprint density at radius 3 is 2.76 bits per heavy atom. The fourth-order valence-corrected chi connectivity index (χ4v) is 3.51. The molecule has 11 heteroatoms. The summed E-state index contributed by atoms with van der Waals surface area (Å²) in [6.07, 6.45) is 4.45. The van der Waals surface area contributed by atoms with Gasteiger partial charge >= 0.3 is 5.88 Å². The van der Waals surface area contributed by atoms with Crippen LogP contribution < -0.4 is 20.3 Å². The Kier molecular flexibility index (Phi) is 6.71. The Bertz CT molecular complexity index is 1400. The van der Waals surface area contributed by atoms with Crippen LogP contribution in [0.15, 0.2) is 71.9 Å². The zero-order valence-corrected chi connectivity index (χ0v) is 18.6. The minimum absolute atomic E-state index is 0.0409. The highest BCUT2D eigenvalue weighted by Gasteiger charge is 2.17. The lowest BCUT2D eigenvalue weighted by atomic mass is 10.1. The number of aromatic nitrogens is 4. The van der Waals surface area contributed by atoms with E-state index in [-0.39, 0.29) is 16.9 Å². The number of aliphatic hydroxyl groups is 1. The number of methoxy groups -OCH3 is 1. The van der Waals surface area contributed by atoms with Gasteiger partial charge in [0.05, 0.1) is 42.2 Å². The van der Waals surface area contributed by atoms with E-state index in [2.05, 4.69) is 15.3 Å². The molecule has 4 rings (SSSR count). The van der Waals surface area contributed by atoms with E-state index < -0.39 is 24.0 Å². The molecule has 34 heavy (non-hydrogen) atoms. The molecule has 3 N–H and O–H groups in total. The van der Waals surface area contributed by atoms with Crippen molar-refractivity contribution >= 4 is 23.2 Å². The predicted molar refractivity (Wildman–Crippen MR) is 122 cm³/mol. The van der Waals surface area contributed by atoms with Crippen LogP contribution in [0.5, 0.6) is 5.88 Å². The molecule has 0 fully saturated rings. The molecule has 0 saturated heterocycles.